The lowest BCUT2D eigenvalue weighted by Crippen LogP contribution is -2.19. The van der Waals surface area contributed by atoms with Gasteiger partial charge in [-0.1, -0.05) is 18.2 Å². The second-order valence-electron chi connectivity index (χ2n) is 3.93. The molecule has 3 rings (SSSR count). The van der Waals surface area contributed by atoms with Crippen molar-refractivity contribution >= 4 is 28.7 Å². The van der Waals surface area contributed by atoms with Crippen molar-refractivity contribution in [1.82, 2.24) is 15.2 Å². The van der Waals surface area contributed by atoms with Gasteiger partial charge in [-0.3, -0.25) is 5.10 Å². The molecule has 6 nitrogen and oxygen atoms in total. The summed E-state index contributed by atoms with van der Waals surface area (Å²) < 4.78 is 0. The fourth-order valence-corrected chi connectivity index (χ4v) is 2.33. The standard InChI is InChI=1S/C13H11N5OS/c19-13(16-9-4-2-1-3-5-9)17-10-8-15-18-11(10)12-14-6-7-20-12/h1-8H,(H,15,18)(H2,16,17,19). The summed E-state index contributed by atoms with van der Waals surface area (Å²) in [6, 6.07) is 8.91. The molecule has 20 heavy (non-hydrogen) atoms. The van der Waals surface area contributed by atoms with E-state index in [4.69, 9.17) is 0 Å². The van der Waals surface area contributed by atoms with Gasteiger partial charge in [-0.25, -0.2) is 9.78 Å². The van der Waals surface area contributed by atoms with Crippen molar-refractivity contribution in [2.45, 2.75) is 0 Å². The number of para-hydroxylation sites is 1. The molecule has 0 saturated carbocycles. The zero-order valence-corrected chi connectivity index (χ0v) is 11.1. The molecule has 3 aromatic rings. The number of benzene rings is 1. The number of aromatic amines is 1. The van der Waals surface area contributed by atoms with E-state index >= 15 is 0 Å². The third-order valence-corrected chi connectivity index (χ3v) is 3.33. The number of nitrogens with zero attached hydrogens (tertiary/aromatic N) is 2. The number of anilines is 2. The molecule has 0 saturated heterocycles. The first-order chi connectivity index (χ1) is 9.83. The lowest BCUT2D eigenvalue weighted by atomic mass is 10.3. The van der Waals surface area contributed by atoms with Gasteiger partial charge >= 0.3 is 6.03 Å². The van der Waals surface area contributed by atoms with Crippen molar-refractivity contribution < 1.29 is 4.79 Å². The minimum absolute atomic E-state index is 0.324. The van der Waals surface area contributed by atoms with Crippen LogP contribution in [0.4, 0.5) is 16.2 Å². The van der Waals surface area contributed by atoms with Crippen LogP contribution in [-0.4, -0.2) is 21.2 Å². The summed E-state index contributed by atoms with van der Waals surface area (Å²) in [5.41, 5.74) is 1.95. The van der Waals surface area contributed by atoms with Crippen LogP contribution in [0.15, 0.2) is 48.1 Å². The highest BCUT2D eigenvalue weighted by atomic mass is 32.1. The summed E-state index contributed by atoms with van der Waals surface area (Å²) >= 11 is 1.46. The van der Waals surface area contributed by atoms with E-state index in [2.05, 4.69) is 25.8 Å². The molecule has 2 aromatic heterocycles. The fourth-order valence-electron chi connectivity index (χ4n) is 1.69. The van der Waals surface area contributed by atoms with E-state index < -0.39 is 0 Å². The highest BCUT2D eigenvalue weighted by Crippen LogP contribution is 2.26. The van der Waals surface area contributed by atoms with Crippen LogP contribution >= 0.6 is 11.3 Å². The number of hydrogen-bond acceptors (Lipinski definition) is 4. The molecule has 0 radical (unpaired) electrons. The number of carbonyl (C=O) groups excluding carboxylic acids is 1. The zero-order valence-electron chi connectivity index (χ0n) is 10.3. The maximum absolute atomic E-state index is 11.9. The van der Waals surface area contributed by atoms with Crippen LogP contribution in [-0.2, 0) is 0 Å². The van der Waals surface area contributed by atoms with E-state index in [0.717, 1.165) is 10.7 Å². The largest absolute Gasteiger partial charge is 0.323 e. The number of rotatable bonds is 3. The van der Waals surface area contributed by atoms with Gasteiger partial charge in [0.15, 0.2) is 0 Å². The first kappa shape index (κ1) is 12.4. The van der Waals surface area contributed by atoms with E-state index in [-0.39, 0.29) is 6.03 Å². The molecular formula is C13H11N5OS. The van der Waals surface area contributed by atoms with E-state index in [1.54, 1.807) is 12.4 Å². The van der Waals surface area contributed by atoms with Crippen LogP contribution in [0.2, 0.25) is 0 Å². The van der Waals surface area contributed by atoms with Gasteiger partial charge in [0.05, 0.1) is 5.69 Å². The topological polar surface area (TPSA) is 82.7 Å². The number of hydrogen-bond donors (Lipinski definition) is 3. The van der Waals surface area contributed by atoms with Gasteiger partial charge in [-0.05, 0) is 12.1 Å². The van der Waals surface area contributed by atoms with Gasteiger partial charge in [-0.2, -0.15) is 5.10 Å². The molecule has 100 valence electrons. The number of nitrogens with one attached hydrogen (secondary N) is 3. The normalized spacial score (nSPS) is 10.2. The van der Waals surface area contributed by atoms with E-state index in [1.165, 1.54) is 11.3 Å². The van der Waals surface area contributed by atoms with Crippen LogP contribution in [0.1, 0.15) is 0 Å². The maximum Gasteiger partial charge on any atom is 0.323 e. The highest BCUT2D eigenvalue weighted by molar-refractivity contribution is 7.13. The second-order valence-corrected chi connectivity index (χ2v) is 4.82. The Balaban J connectivity index is 1.73. The Hall–Kier alpha value is -2.67. The molecule has 0 aliphatic carbocycles. The molecule has 2 heterocycles. The van der Waals surface area contributed by atoms with Gasteiger partial charge in [-0.15, -0.1) is 11.3 Å². The minimum Gasteiger partial charge on any atom is -0.308 e. The Morgan fingerprint density at radius 1 is 1.20 bits per heavy atom. The highest BCUT2D eigenvalue weighted by Gasteiger charge is 2.13. The number of H-pyrrole nitrogens is 1. The predicted octanol–water partition coefficient (Wildman–Crippen LogP) is 3.18. The second kappa shape index (κ2) is 5.54. The molecule has 3 N–H and O–H groups in total. The van der Waals surface area contributed by atoms with Crippen LogP contribution < -0.4 is 10.6 Å². The number of amides is 2. The molecule has 7 heteroatoms. The molecular weight excluding hydrogens is 274 g/mol. The predicted molar refractivity (Wildman–Crippen MR) is 78.8 cm³/mol. The van der Waals surface area contributed by atoms with Crippen molar-refractivity contribution in [3.8, 4) is 10.7 Å². The Labute approximate surface area is 118 Å². The molecule has 0 aliphatic heterocycles. The average Bonchev–Trinajstić information content (AvgIpc) is 3.10. The maximum atomic E-state index is 11.9. The summed E-state index contributed by atoms with van der Waals surface area (Å²) in [5, 5.41) is 14.9. The molecule has 0 spiro atoms. The number of aromatic nitrogens is 3. The first-order valence-electron chi connectivity index (χ1n) is 5.89. The lowest BCUT2D eigenvalue weighted by molar-refractivity contribution is 0.262. The van der Waals surface area contributed by atoms with E-state index in [0.29, 0.717) is 11.4 Å². The fraction of sp³-hybridized carbons (Fsp3) is 0. The molecule has 0 fully saturated rings. The van der Waals surface area contributed by atoms with Crippen molar-refractivity contribution in [3.05, 3.63) is 48.1 Å². The summed E-state index contributed by atoms with van der Waals surface area (Å²) in [7, 11) is 0. The minimum atomic E-state index is -0.324. The molecule has 0 aliphatic rings. The number of thiazole rings is 1. The van der Waals surface area contributed by atoms with Crippen LogP contribution in [0, 0.1) is 0 Å². The smallest absolute Gasteiger partial charge is 0.308 e. The van der Waals surface area contributed by atoms with Crippen molar-refractivity contribution in [2.75, 3.05) is 10.6 Å². The van der Waals surface area contributed by atoms with Crippen LogP contribution in [0.5, 0.6) is 0 Å². The van der Waals surface area contributed by atoms with Gasteiger partial charge < -0.3 is 10.6 Å². The third kappa shape index (κ3) is 2.67. The lowest BCUT2D eigenvalue weighted by Gasteiger charge is -2.06. The van der Waals surface area contributed by atoms with Crippen molar-refractivity contribution in [1.29, 1.82) is 0 Å². The van der Waals surface area contributed by atoms with Gasteiger partial charge in [0.25, 0.3) is 0 Å². The molecule has 0 unspecified atom stereocenters. The molecule has 2 amide bonds. The Kier molecular flexibility index (Phi) is 3.42. The van der Waals surface area contributed by atoms with Crippen LogP contribution in [0.3, 0.4) is 0 Å². The van der Waals surface area contributed by atoms with Crippen molar-refractivity contribution in [3.63, 3.8) is 0 Å². The summed E-state index contributed by atoms with van der Waals surface area (Å²) in [6.45, 7) is 0. The SMILES string of the molecule is O=C(Nc1ccccc1)Nc1c[nH]nc1-c1nccs1. The van der Waals surface area contributed by atoms with Gasteiger partial charge in [0, 0.05) is 23.5 Å². The number of urea groups is 1. The quantitative estimate of drug-likeness (QED) is 0.691. The van der Waals surface area contributed by atoms with Gasteiger partial charge in [0.2, 0.25) is 0 Å². The summed E-state index contributed by atoms with van der Waals surface area (Å²) in [6.07, 6.45) is 3.32. The third-order valence-electron chi connectivity index (χ3n) is 2.56. The Bertz CT molecular complexity index is 693. The van der Waals surface area contributed by atoms with Crippen LogP contribution in [0.25, 0.3) is 10.7 Å². The van der Waals surface area contributed by atoms with Crippen molar-refractivity contribution in [2.24, 2.45) is 0 Å². The summed E-state index contributed by atoms with van der Waals surface area (Å²) in [5.74, 6) is 0. The number of carbonyl (C=O) groups is 1. The molecule has 1 aromatic carbocycles. The van der Waals surface area contributed by atoms with E-state index in [9.17, 15) is 4.79 Å². The monoisotopic (exact) mass is 285 g/mol. The summed E-state index contributed by atoms with van der Waals surface area (Å²) in [4.78, 5) is 16.1. The van der Waals surface area contributed by atoms with E-state index in [1.807, 2.05) is 35.7 Å². The molecule has 0 atom stereocenters. The average molecular weight is 285 g/mol. The zero-order chi connectivity index (χ0) is 13.8. The Morgan fingerprint density at radius 3 is 2.80 bits per heavy atom. The first-order valence-corrected chi connectivity index (χ1v) is 6.77. The van der Waals surface area contributed by atoms with Gasteiger partial charge in [0.1, 0.15) is 10.7 Å². The Morgan fingerprint density at radius 2 is 2.05 bits per heavy atom. The molecule has 0 bridgehead atoms.